The first kappa shape index (κ1) is 35.9. The zero-order valence-corrected chi connectivity index (χ0v) is 27.5. The SMILES string of the molecule is CC.CN.Cc1nn(C)cc1SNC(=O)c1ccc(-n2ccc(OCC(C)(C)C(F)(F)F)n2)nc1N1CC(C)CC1(C)C. The number of halogens is 3. The number of carbonyl (C=O) groups excluding carboxylic acids is 1. The predicted molar refractivity (Wildman–Crippen MR) is 165 cm³/mol. The van der Waals surface area contributed by atoms with Crippen LogP contribution in [0.5, 0.6) is 5.88 Å². The number of alkyl halides is 3. The fourth-order valence-corrected chi connectivity index (χ4v) is 5.30. The Bertz CT molecular complexity index is 1350. The number of aromatic nitrogens is 5. The summed E-state index contributed by atoms with van der Waals surface area (Å²) in [6, 6.07) is 4.84. The van der Waals surface area contributed by atoms with Gasteiger partial charge in [-0.2, -0.15) is 18.3 Å². The summed E-state index contributed by atoms with van der Waals surface area (Å²) in [7, 11) is 3.32. The minimum atomic E-state index is -4.41. The number of hydrogen-bond acceptors (Lipinski definition) is 8. The number of aryl methyl sites for hydroxylation is 2. The number of rotatable bonds is 8. The smallest absolute Gasteiger partial charge is 0.397 e. The van der Waals surface area contributed by atoms with Crippen molar-refractivity contribution in [2.75, 3.05) is 25.1 Å². The summed E-state index contributed by atoms with van der Waals surface area (Å²) in [5.41, 5.74) is 3.45. The Balaban J connectivity index is 0.00000155. The molecule has 0 saturated carbocycles. The van der Waals surface area contributed by atoms with Gasteiger partial charge in [-0.15, -0.1) is 5.10 Å². The van der Waals surface area contributed by atoms with Crippen molar-refractivity contribution in [3.05, 3.63) is 41.9 Å². The number of ether oxygens (including phenoxy) is 1. The Morgan fingerprint density at radius 2 is 1.84 bits per heavy atom. The molecular weight excluding hydrogens is 581 g/mol. The number of carbonyl (C=O) groups is 1. The third-order valence-electron chi connectivity index (χ3n) is 6.80. The summed E-state index contributed by atoms with van der Waals surface area (Å²) in [4.78, 5) is 21.1. The van der Waals surface area contributed by atoms with Gasteiger partial charge in [-0.3, -0.25) is 14.2 Å². The molecule has 0 radical (unpaired) electrons. The summed E-state index contributed by atoms with van der Waals surface area (Å²) in [6.45, 7) is 14.6. The van der Waals surface area contributed by atoms with Crippen LogP contribution in [0.25, 0.3) is 5.82 Å². The standard InChI is InChI=1S/C26H34F3N7O2S.C2H6.CH5N/c1-16-12-25(5,6)35(13-16)22-18(23(37)33-39-19-14-34(7)31-17(19)2)8-9-20(30-22)36-11-10-21(32-36)38-15-24(3,4)26(27,28)29;2*1-2/h8-11,14,16H,12-13,15H2,1-7H3,(H,33,37);1-2H3;2H2,1H3. The van der Waals surface area contributed by atoms with Crippen LogP contribution in [0, 0.1) is 18.3 Å². The normalized spacial score (nSPS) is 16.1. The molecule has 3 aromatic heterocycles. The van der Waals surface area contributed by atoms with Crippen LogP contribution in [0.15, 0.2) is 35.5 Å². The summed E-state index contributed by atoms with van der Waals surface area (Å²) in [6.07, 6.45) is -0.0734. The molecule has 1 amide bonds. The maximum Gasteiger partial charge on any atom is 0.397 e. The quantitative estimate of drug-likeness (QED) is 0.295. The average Bonchev–Trinajstić information content (AvgIpc) is 3.63. The van der Waals surface area contributed by atoms with Gasteiger partial charge < -0.3 is 15.4 Å². The van der Waals surface area contributed by atoms with Gasteiger partial charge >= 0.3 is 6.18 Å². The van der Waals surface area contributed by atoms with E-state index in [1.165, 1.54) is 29.7 Å². The van der Waals surface area contributed by atoms with Gasteiger partial charge in [0.25, 0.3) is 5.91 Å². The van der Waals surface area contributed by atoms with Crippen molar-refractivity contribution in [1.29, 1.82) is 0 Å². The second-order valence-electron chi connectivity index (χ2n) is 11.3. The molecule has 1 atom stereocenters. The van der Waals surface area contributed by atoms with Crippen LogP contribution in [0.1, 0.15) is 70.9 Å². The van der Waals surface area contributed by atoms with E-state index in [2.05, 4.69) is 46.3 Å². The van der Waals surface area contributed by atoms with Crippen LogP contribution in [0.2, 0.25) is 0 Å². The van der Waals surface area contributed by atoms with Gasteiger partial charge in [0, 0.05) is 37.6 Å². The van der Waals surface area contributed by atoms with E-state index in [1.54, 1.807) is 23.0 Å². The van der Waals surface area contributed by atoms with Crippen molar-refractivity contribution < 1.29 is 22.7 Å². The lowest BCUT2D eigenvalue weighted by molar-refractivity contribution is -0.219. The highest BCUT2D eigenvalue weighted by Gasteiger charge is 2.48. The minimum absolute atomic E-state index is 0.0517. The molecule has 4 heterocycles. The van der Waals surface area contributed by atoms with E-state index < -0.39 is 18.2 Å². The average molecular weight is 627 g/mol. The van der Waals surface area contributed by atoms with Crippen molar-refractivity contribution in [2.45, 2.75) is 78.4 Å². The van der Waals surface area contributed by atoms with Gasteiger partial charge in [-0.25, -0.2) is 9.67 Å². The molecule has 0 bridgehead atoms. The number of nitrogens with one attached hydrogen (secondary N) is 1. The van der Waals surface area contributed by atoms with E-state index in [9.17, 15) is 18.0 Å². The van der Waals surface area contributed by atoms with Gasteiger partial charge in [0.2, 0.25) is 5.88 Å². The largest absolute Gasteiger partial charge is 0.476 e. The Morgan fingerprint density at radius 3 is 2.37 bits per heavy atom. The summed E-state index contributed by atoms with van der Waals surface area (Å²) >= 11 is 1.19. The van der Waals surface area contributed by atoms with Crippen molar-refractivity contribution in [1.82, 2.24) is 29.3 Å². The Labute approximate surface area is 256 Å². The van der Waals surface area contributed by atoms with Crippen molar-refractivity contribution in [2.24, 2.45) is 24.1 Å². The summed E-state index contributed by atoms with van der Waals surface area (Å²) < 4.78 is 51.0. The molecule has 0 spiro atoms. The topological polar surface area (TPSA) is 116 Å². The van der Waals surface area contributed by atoms with E-state index >= 15 is 0 Å². The van der Waals surface area contributed by atoms with E-state index in [0.717, 1.165) is 37.4 Å². The van der Waals surface area contributed by atoms with Gasteiger partial charge in [0.05, 0.1) is 21.6 Å². The molecule has 3 aromatic rings. The number of pyridine rings is 1. The molecule has 3 N–H and O–H groups in total. The molecule has 4 rings (SSSR count). The highest BCUT2D eigenvalue weighted by molar-refractivity contribution is 7.98. The van der Waals surface area contributed by atoms with Crippen molar-refractivity contribution >= 4 is 23.7 Å². The van der Waals surface area contributed by atoms with E-state index in [4.69, 9.17) is 9.72 Å². The lowest BCUT2D eigenvalue weighted by Crippen LogP contribution is -2.40. The molecule has 43 heavy (non-hydrogen) atoms. The number of amides is 1. The third-order valence-corrected chi connectivity index (χ3v) is 7.71. The molecule has 0 aromatic carbocycles. The number of anilines is 1. The molecule has 14 heteroatoms. The van der Waals surface area contributed by atoms with Crippen LogP contribution in [-0.2, 0) is 7.05 Å². The number of hydrogen-bond donors (Lipinski definition) is 2. The highest BCUT2D eigenvalue weighted by atomic mass is 32.2. The fraction of sp³-hybridized carbons (Fsp3) is 0.586. The minimum Gasteiger partial charge on any atom is -0.476 e. The number of nitrogens with zero attached hydrogens (tertiary/aromatic N) is 6. The zero-order valence-electron chi connectivity index (χ0n) is 26.7. The third kappa shape index (κ3) is 8.65. The molecule has 240 valence electrons. The zero-order chi connectivity index (χ0) is 32.8. The predicted octanol–water partition coefficient (Wildman–Crippen LogP) is 5.94. The molecular formula is C29H45F3N8O2S. The van der Waals surface area contributed by atoms with Crippen LogP contribution >= 0.6 is 11.9 Å². The summed E-state index contributed by atoms with van der Waals surface area (Å²) in [5, 5.41) is 8.58. The van der Waals surface area contributed by atoms with Gasteiger partial charge in [-0.1, -0.05) is 20.8 Å². The molecule has 1 fully saturated rings. The van der Waals surface area contributed by atoms with Crippen LogP contribution in [0.3, 0.4) is 0 Å². The Morgan fingerprint density at radius 1 is 1.19 bits per heavy atom. The fourth-order valence-electron chi connectivity index (χ4n) is 4.59. The highest BCUT2D eigenvalue weighted by Crippen LogP contribution is 2.39. The van der Waals surface area contributed by atoms with Crippen molar-refractivity contribution in [3.8, 4) is 11.7 Å². The first-order valence-electron chi connectivity index (χ1n) is 14.2. The first-order valence-corrected chi connectivity index (χ1v) is 15.0. The van der Waals surface area contributed by atoms with E-state index in [1.807, 2.05) is 34.0 Å². The van der Waals surface area contributed by atoms with Crippen LogP contribution in [-0.4, -0.2) is 62.4 Å². The van der Waals surface area contributed by atoms with Gasteiger partial charge in [0.15, 0.2) is 5.82 Å². The monoisotopic (exact) mass is 626 g/mol. The molecule has 1 aliphatic rings. The second-order valence-corrected chi connectivity index (χ2v) is 12.2. The van der Waals surface area contributed by atoms with Crippen LogP contribution in [0.4, 0.5) is 19.0 Å². The molecule has 1 saturated heterocycles. The summed E-state index contributed by atoms with van der Waals surface area (Å²) in [5.74, 6) is 1.08. The lowest BCUT2D eigenvalue weighted by atomic mass is 9.94. The second kappa shape index (κ2) is 14.5. The van der Waals surface area contributed by atoms with Gasteiger partial charge in [0.1, 0.15) is 12.4 Å². The van der Waals surface area contributed by atoms with Crippen LogP contribution < -0.4 is 20.1 Å². The molecule has 1 unspecified atom stereocenters. The molecule has 1 aliphatic heterocycles. The number of nitrogens with two attached hydrogens (primary N) is 1. The van der Waals surface area contributed by atoms with Crippen molar-refractivity contribution in [3.63, 3.8) is 0 Å². The maximum absolute atomic E-state index is 13.4. The maximum atomic E-state index is 13.4. The Kier molecular flexibility index (Phi) is 12.1. The molecule has 0 aliphatic carbocycles. The first-order chi connectivity index (χ1) is 20.1. The Hall–Kier alpha value is -3.26. The molecule has 10 nitrogen and oxygen atoms in total. The lowest BCUT2D eigenvalue weighted by Gasteiger charge is -2.34. The van der Waals surface area contributed by atoms with Gasteiger partial charge in [-0.05, 0) is 78.1 Å². The van der Waals surface area contributed by atoms with E-state index in [-0.39, 0.29) is 17.3 Å². The van der Waals surface area contributed by atoms with E-state index in [0.29, 0.717) is 23.1 Å².